The summed E-state index contributed by atoms with van der Waals surface area (Å²) in [5.74, 6) is 4.21. The summed E-state index contributed by atoms with van der Waals surface area (Å²) in [5.41, 5.74) is 9.15. The van der Waals surface area contributed by atoms with Gasteiger partial charge in [-0.15, -0.1) is 6.42 Å². The van der Waals surface area contributed by atoms with Crippen molar-refractivity contribution in [3.63, 3.8) is 0 Å². The molecule has 0 atom stereocenters. The minimum atomic E-state index is 0.445. The van der Waals surface area contributed by atoms with E-state index in [-0.39, 0.29) is 0 Å². The maximum absolute atomic E-state index is 6.28. The molecule has 0 aliphatic carbocycles. The number of nitrogens with zero attached hydrogens (tertiary/aromatic N) is 2. The SMILES string of the molecule is C#CCn1c(CCC)nc(-c2ccccc2COC)c1N. The summed E-state index contributed by atoms with van der Waals surface area (Å²) in [6.07, 6.45) is 7.31. The van der Waals surface area contributed by atoms with Gasteiger partial charge in [0.25, 0.3) is 0 Å². The van der Waals surface area contributed by atoms with Gasteiger partial charge in [-0.3, -0.25) is 0 Å². The number of aromatic nitrogens is 2. The largest absolute Gasteiger partial charge is 0.383 e. The van der Waals surface area contributed by atoms with E-state index in [0.717, 1.165) is 35.5 Å². The van der Waals surface area contributed by atoms with Crippen molar-refractivity contribution in [3.05, 3.63) is 35.7 Å². The Morgan fingerprint density at radius 1 is 1.38 bits per heavy atom. The number of hydrogen-bond acceptors (Lipinski definition) is 3. The van der Waals surface area contributed by atoms with Crippen LogP contribution in [0, 0.1) is 12.3 Å². The summed E-state index contributed by atoms with van der Waals surface area (Å²) in [7, 11) is 1.68. The molecular formula is C17H21N3O. The smallest absolute Gasteiger partial charge is 0.132 e. The Hall–Kier alpha value is -2.25. The first kappa shape index (κ1) is 15.1. The normalized spacial score (nSPS) is 10.5. The Bertz CT molecular complexity index is 653. The lowest BCUT2D eigenvalue weighted by atomic mass is 10.1. The standard InChI is InChI=1S/C17H21N3O/c1-4-8-15-19-16(17(18)20(15)11-5-2)14-10-7-6-9-13(14)12-21-3/h2,6-7,9-10H,4,8,11-12,18H2,1,3H3. The van der Waals surface area contributed by atoms with E-state index in [4.69, 9.17) is 21.9 Å². The summed E-state index contributed by atoms with van der Waals surface area (Å²) in [6.45, 7) is 3.09. The fourth-order valence-corrected chi connectivity index (χ4v) is 2.43. The van der Waals surface area contributed by atoms with E-state index >= 15 is 0 Å². The van der Waals surface area contributed by atoms with Crippen molar-refractivity contribution < 1.29 is 4.74 Å². The summed E-state index contributed by atoms with van der Waals surface area (Å²) < 4.78 is 7.17. The van der Waals surface area contributed by atoms with Crippen LogP contribution in [0.1, 0.15) is 24.7 Å². The molecule has 2 N–H and O–H groups in total. The van der Waals surface area contributed by atoms with Gasteiger partial charge in [0, 0.05) is 19.1 Å². The maximum atomic E-state index is 6.28. The quantitative estimate of drug-likeness (QED) is 0.829. The molecule has 0 unspecified atom stereocenters. The molecule has 4 heteroatoms. The molecule has 0 aliphatic rings. The molecule has 2 aromatic rings. The molecule has 0 spiro atoms. The van der Waals surface area contributed by atoms with Crippen LogP contribution in [0.25, 0.3) is 11.3 Å². The number of methoxy groups -OCH3 is 1. The van der Waals surface area contributed by atoms with Crippen LogP contribution in [0.4, 0.5) is 5.82 Å². The Balaban J connectivity index is 2.54. The van der Waals surface area contributed by atoms with Gasteiger partial charge in [-0.25, -0.2) is 4.98 Å². The zero-order valence-corrected chi connectivity index (χ0v) is 12.6. The van der Waals surface area contributed by atoms with Gasteiger partial charge in [0.1, 0.15) is 17.3 Å². The molecule has 4 nitrogen and oxygen atoms in total. The predicted octanol–water partition coefficient (Wildman–Crippen LogP) is 2.86. The number of nitrogens with two attached hydrogens (primary N) is 1. The first-order chi connectivity index (χ1) is 10.2. The van der Waals surface area contributed by atoms with E-state index in [1.807, 2.05) is 28.8 Å². The van der Waals surface area contributed by atoms with Crippen molar-refractivity contribution in [1.82, 2.24) is 9.55 Å². The highest BCUT2D eigenvalue weighted by Crippen LogP contribution is 2.30. The summed E-state index contributed by atoms with van der Waals surface area (Å²) in [5, 5.41) is 0. The highest BCUT2D eigenvalue weighted by Gasteiger charge is 2.17. The number of benzene rings is 1. The average Bonchev–Trinajstić information content (AvgIpc) is 2.78. The molecule has 2 rings (SSSR count). The van der Waals surface area contributed by atoms with Crippen molar-refractivity contribution >= 4 is 5.82 Å². The summed E-state index contributed by atoms with van der Waals surface area (Å²) in [6, 6.07) is 8.01. The van der Waals surface area contributed by atoms with Gasteiger partial charge in [0.05, 0.1) is 13.2 Å². The number of terminal acetylenes is 1. The van der Waals surface area contributed by atoms with Crippen molar-refractivity contribution in [3.8, 4) is 23.6 Å². The third kappa shape index (κ3) is 3.09. The maximum Gasteiger partial charge on any atom is 0.132 e. The molecular weight excluding hydrogens is 262 g/mol. The van der Waals surface area contributed by atoms with Gasteiger partial charge in [-0.1, -0.05) is 37.1 Å². The van der Waals surface area contributed by atoms with Crippen molar-refractivity contribution in [2.75, 3.05) is 12.8 Å². The molecule has 1 heterocycles. The van der Waals surface area contributed by atoms with E-state index in [1.54, 1.807) is 7.11 Å². The Labute approximate surface area is 125 Å². The Kier molecular flexibility index (Phi) is 5.02. The lowest BCUT2D eigenvalue weighted by Crippen LogP contribution is -2.06. The van der Waals surface area contributed by atoms with E-state index in [2.05, 4.69) is 12.8 Å². The van der Waals surface area contributed by atoms with E-state index < -0.39 is 0 Å². The third-order valence-electron chi connectivity index (χ3n) is 3.38. The van der Waals surface area contributed by atoms with Gasteiger partial charge in [-0.05, 0) is 12.0 Å². The number of rotatable bonds is 6. The zero-order chi connectivity index (χ0) is 15.2. The summed E-state index contributed by atoms with van der Waals surface area (Å²) >= 11 is 0. The number of ether oxygens (including phenoxy) is 1. The van der Waals surface area contributed by atoms with Crippen LogP contribution in [0.3, 0.4) is 0 Å². The van der Waals surface area contributed by atoms with Crippen LogP contribution in [0.2, 0.25) is 0 Å². The van der Waals surface area contributed by atoms with Crippen LogP contribution in [-0.4, -0.2) is 16.7 Å². The number of nitrogen functional groups attached to an aromatic ring is 1. The molecule has 0 radical (unpaired) electrons. The van der Waals surface area contributed by atoms with Crippen LogP contribution >= 0.6 is 0 Å². The molecule has 1 aromatic carbocycles. The van der Waals surface area contributed by atoms with Gasteiger partial charge in [0.15, 0.2) is 0 Å². The second-order valence-electron chi connectivity index (χ2n) is 4.89. The molecule has 0 amide bonds. The minimum Gasteiger partial charge on any atom is -0.383 e. The Morgan fingerprint density at radius 2 is 2.14 bits per heavy atom. The monoisotopic (exact) mass is 283 g/mol. The van der Waals surface area contributed by atoms with Crippen LogP contribution in [0.15, 0.2) is 24.3 Å². The number of hydrogen-bond donors (Lipinski definition) is 1. The van der Waals surface area contributed by atoms with Crippen LogP contribution in [-0.2, 0) is 24.3 Å². The minimum absolute atomic E-state index is 0.445. The molecule has 21 heavy (non-hydrogen) atoms. The van der Waals surface area contributed by atoms with Crippen LogP contribution < -0.4 is 5.73 Å². The van der Waals surface area contributed by atoms with Gasteiger partial charge < -0.3 is 15.0 Å². The number of anilines is 1. The van der Waals surface area contributed by atoms with Gasteiger partial charge in [0.2, 0.25) is 0 Å². The van der Waals surface area contributed by atoms with Gasteiger partial charge >= 0.3 is 0 Å². The first-order valence-corrected chi connectivity index (χ1v) is 7.08. The lowest BCUT2D eigenvalue weighted by Gasteiger charge is -2.08. The fourth-order valence-electron chi connectivity index (χ4n) is 2.43. The summed E-state index contributed by atoms with van der Waals surface area (Å²) in [4.78, 5) is 4.72. The second kappa shape index (κ2) is 6.96. The van der Waals surface area contributed by atoms with E-state index in [1.165, 1.54) is 0 Å². The zero-order valence-electron chi connectivity index (χ0n) is 12.6. The second-order valence-corrected chi connectivity index (χ2v) is 4.89. The highest BCUT2D eigenvalue weighted by molar-refractivity contribution is 5.73. The molecule has 0 bridgehead atoms. The predicted molar refractivity (Wildman–Crippen MR) is 85.6 cm³/mol. The van der Waals surface area contributed by atoms with E-state index in [9.17, 15) is 0 Å². The molecule has 1 aromatic heterocycles. The van der Waals surface area contributed by atoms with Gasteiger partial charge in [-0.2, -0.15) is 0 Å². The van der Waals surface area contributed by atoms with Crippen LogP contribution in [0.5, 0.6) is 0 Å². The van der Waals surface area contributed by atoms with Crippen molar-refractivity contribution in [2.45, 2.75) is 32.9 Å². The van der Waals surface area contributed by atoms with Crippen molar-refractivity contribution in [2.24, 2.45) is 0 Å². The lowest BCUT2D eigenvalue weighted by molar-refractivity contribution is 0.185. The number of aryl methyl sites for hydroxylation is 1. The topological polar surface area (TPSA) is 53.1 Å². The third-order valence-corrected chi connectivity index (χ3v) is 3.38. The average molecular weight is 283 g/mol. The fraction of sp³-hybridized carbons (Fsp3) is 0.353. The molecule has 0 fully saturated rings. The first-order valence-electron chi connectivity index (χ1n) is 7.08. The molecule has 110 valence electrons. The number of imidazole rings is 1. The molecule has 0 saturated heterocycles. The Morgan fingerprint density at radius 3 is 2.81 bits per heavy atom. The van der Waals surface area contributed by atoms with Crippen molar-refractivity contribution in [1.29, 1.82) is 0 Å². The molecule has 0 aliphatic heterocycles. The highest BCUT2D eigenvalue weighted by atomic mass is 16.5. The molecule has 0 saturated carbocycles. The van der Waals surface area contributed by atoms with E-state index in [0.29, 0.717) is 19.0 Å².